The predicted octanol–water partition coefficient (Wildman–Crippen LogP) is 2.58. The number of ether oxygens (including phenoxy) is 1. The molecule has 0 aliphatic carbocycles. The van der Waals surface area contributed by atoms with Crippen LogP contribution >= 0.6 is 11.6 Å². The molecule has 0 spiro atoms. The highest BCUT2D eigenvalue weighted by Crippen LogP contribution is 2.23. The van der Waals surface area contributed by atoms with E-state index in [0.717, 1.165) is 0 Å². The summed E-state index contributed by atoms with van der Waals surface area (Å²) in [6.45, 7) is 0.204. The fourth-order valence-corrected chi connectivity index (χ4v) is 1.42. The van der Waals surface area contributed by atoms with Gasteiger partial charge in [-0.3, -0.25) is 0 Å². The van der Waals surface area contributed by atoms with Gasteiger partial charge >= 0.3 is 0 Å². The van der Waals surface area contributed by atoms with Crippen molar-refractivity contribution in [3.63, 3.8) is 0 Å². The van der Waals surface area contributed by atoms with Crippen molar-refractivity contribution < 1.29 is 4.74 Å². The van der Waals surface area contributed by atoms with Crippen molar-refractivity contribution in [1.29, 1.82) is 5.26 Å². The molecule has 0 fully saturated rings. The summed E-state index contributed by atoms with van der Waals surface area (Å²) in [7, 11) is 0. The topological polar surface area (TPSA) is 58.8 Å². The molecule has 5 heteroatoms. The monoisotopic (exact) mass is 245 g/mol. The van der Waals surface area contributed by atoms with Crippen LogP contribution in [0.3, 0.4) is 0 Å². The van der Waals surface area contributed by atoms with Gasteiger partial charge in [-0.15, -0.1) is 0 Å². The first-order chi connectivity index (χ1) is 8.29. The second-order valence-corrected chi connectivity index (χ2v) is 3.64. The van der Waals surface area contributed by atoms with Gasteiger partial charge in [-0.2, -0.15) is 5.26 Å². The maximum atomic E-state index is 8.90. The van der Waals surface area contributed by atoms with Gasteiger partial charge in [-0.05, 0) is 18.2 Å². The van der Waals surface area contributed by atoms with Crippen molar-refractivity contribution in [2.45, 2.75) is 6.61 Å². The molecule has 84 valence electrons. The number of nitriles is 1. The summed E-state index contributed by atoms with van der Waals surface area (Å²) >= 11 is 5.83. The van der Waals surface area contributed by atoms with Gasteiger partial charge in [-0.1, -0.05) is 11.6 Å². The van der Waals surface area contributed by atoms with Crippen molar-refractivity contribution >= 4 is 11.6 Å². The van der Waals surface area contributed by atoms with Crippen LogP contribution in [0.5, 0.6) is 5.75 Å². The number of benzene rings is 1. The number of nitrogens with zero attached hydrogens (tertiary/aromatic N) is 3. The molecule has 17 heavy (non-hydrogen) atoms. The van der Waals surface area contributed by atoms with Gasteiger partial charge in [0.2, 0.25) is 0 Å². The minimum Gasteiger partial charge on any atom is -0.484 e. The lowest BCUT2D eigenvalue weighted by atomic mass is 10.2. The number of aromatic nitrogens is 2. The molecule has 0 unspecified atom stereocenters. The summed E-state index contributed by atoms with van der Waals surface area (Å²) < 4.78 is 5.46. The first-order valence-electron chi connectivity index (χ1n) is 4.88. The third-order valence-corrected chi connectivity index (χ3v) is 2.28. The lowest BCUT2D eigenvalue weighted by Crippen LogP contribution is -2.01. The predicted molar refractivity (Wildman–Crippen MR) is 62.5 cm³/mol. The molecule has 2 aromatic rings. The van der Waals surface area contributed by atoms with E-state index in [1.807, 2.05) is 6.07 Å². The molecule has 1 heterocycles. The van der Waals surface area contributed by atoms with E-state index in [4.69, 9.17) is 21.6 Å². The summed E-state index contributed by atoms with van der Waals surface area (Å²) in [4.78, 5) is 8.04. The highest BCUT2D eigenvalue weighted by Gasteiger charge is 2.05. The number of halogens is 1. The molecule has 0 bridgehead atoms. The van der Waals surface area contributed by atoms with Crippen molar-refractivity contribution in [2.24, 2.45) is 0 Å². The van der Waals surface area contributed by atoms with Crippen LogP contribution < -0.4 is 4.74 Å². The Labute approximate surface area is 103 Å². The average molecular weight is 246 g/mol. The lowest BCUT2D eigenvalue weighted by molar-refractivity contribution is 0.295. The van der Waals surface area contributed by atoms with Crippen LogP contribution in [-0.2, 0) is 6.61 Å². The first kappa shape index (κ1) is 11.4. The van der Waals surface area contributed by atoms with E-state index in [1.54, 1.807) is 36.7 Å². The van der Waals surface area contributed by atoms with Gasteiger partial charge in [0.15, 0.2) is 5.82 Å². The summed E-state index contributed by atoms with van der Waals surface area (Å²) in [5, 5.41) is 9.42. The quantitative estimate of drug-likeness (QED) is 0.834. The van der Waals surface area contributed by atoms with Crippen LogP contribution in [0.1, 0.15) is 11.4 Å². The Bertz CT molecular complexity index is 551. The fraction of sp³-hybridized carbons (Fsp3) is 0.0833. The van der Waals surface area contributed by atoms with Crippen molar-refractivity contribution in [2.75, 3.05) is 0 Å². The van der Waals surface area contributed by atoms with Gasteiger partial charge in [0.25, 0.3) is 0 Å². The highest BCUT2D eigenvalue weighted by atomic mass is 35.5. The van der Waals surface area contributed by atoms with E-state index in [1.165, 1.54) is 0 Å². The van der Waals surface area contributed by atoms with Crippen molar-refractivity contribution in [3.8, 4) is 11.8 Å². The maximum Gasteiger partial charge on any atom is 0.166 e. The molecule has 4 nitrogen and oxygen atoms in total. The zero-order valence-corrected chi connectivity index (χ0v) is 9.55. The zero-order chi connectivity index (χ0) is 12.1. The van der Waals surface area contributed by atoms with Crippen LogP contribution in [0, 0.1) is 11.3 Å². The third-order valence-electron chi connectivity index (χ3n) is 2.04. The summed E-state index contributed by atoms with van der Waals surface area (Å²) in [6, 6.07) is 8.62. The van der Waals surface area contributed by atoms with E-state index in [9.17, 15) is 0 Å². The van der Waals surface area contributed by atoms with Crippen molar-refractivity contribution in [3.05, 3.63) is 53.1 Å². The largest absolute Gasteiger partial charge is 0.484 e. The molecule has 1 aromatic heterocycles. The normalized spacial score (nSPS) is 9.65. The Morgan fingerprint density at radius 3 is 2.76 bits per heavy atom. The van der Waals surface area contributed by atoms with Crippen LogP contribution in [0.15, 0.2) is 36.7 Å². The minimum atomic E-state index is 0.204. The van der Waals surface area contributed by atoms with E-state index >= 15 is 0 Å². The van der Waals surface area contributed by atoms with E-state index in [0.29, 0.717) is 22.2 Å². The molecule has 0 amide bonds. The molecule has 0 N–H and O–H groups in total. The molecule has 0 atom stereocenters. The van der Waals surface area contributed by atoms with Crippen LogP contribution in [0.25, 0.3) is 0 Å². The summed E-state index contributed by atoms with van der Waals surface area (Å²) in [5.41, 5.74) is 0.435. The number of hydrogen-bond acceptors (Lipinski definition) is 4. The van der Waals surface area contributed by atoms with Gasteiger partial charge < -0.3 is 4.74 Å². The Hall–Kier alpha value is -2.12. The van der Waals surface area contributed by atoms with Gasteiger partial charge in [0, 0.05) is 23.5 Å². The van der Waals surface area contributed by atoms with Crippen molar-refractivity contribution in [1.82, 2.24) is 9.97 Å². The molecule has 0 saturated heterocycles. The highest BCUT2D eigenvalue weighted by molar-refractivity contribution is 6.30. The molecule has 0 aliphatic rings. The van der Waals surface area contributed by atoms with Gasteiger partial charge in [0.1, 0.15) is 18.4 Å². The molecule has 2 rings (SSSR count). The molecular weight excluding hydrogens is 238 g/mol. The van der Waals surface area contributed by atoms with E-state index in [-0.39, 0.29) is 6.61 Å². The second-order valence-electron chi connectivity index (χ2n) is 3.21. The summed E-state index contributed by atoms with van der Waals surface area (Å²) in [6.07, 6.45) is 3.27. The lowest BCUT2D eigenvalue weighted by Gasteiger charge is -2.06. The smallest absolute Gasteiger partial charge is 0.166 e. The van der Waals surface area contributed by atoms with Crippen LogP contribution in [0.2, 0.25) is 5.02 Å². The van der Waals surface area contributed by atoms with Crippen LogP contribution in [0.4, 0.5) is 0 Å². The van der Waals surface area contributed by atoms with E-state index in [2.05, 4.69) is 9.97 Å². The Morgan fingerprint density at radius 2 is 2.06 bits per heavy atom. The number of rotatable bonds is 3. The van der Waals surface area contributed by atoms with Crippen LogP contribution in [-0.4, -0.2) is 9.97 Å². The SMILES string of the molecule is N#Cc1ccc(Cl)cc1OCc1ncccn1. The molecular formula is C12H8ClN3O. The van der Waals surface area contributed by atoms with Gasteiger partial charge in [0.05, 0.1) is 5.56 Å². The van der Waals surface area contributed by atoms with Gasteiger partial charge in [-0.25, -0.2) is 9.97 Å². The Morgan fingerprint density at radius 1 is 1.29 bits per heavy atom. The minimum absolute atomic E-state index is 0.204. The Balaban J connectivity index is 2.14. The fourth-order valence-electron chi connectivity index (χ4n) is 1.25. The third kappa shape index (κ3) is 2.92. The summed E-state index contributed by atoms with van der Waals surface area (Å²) in [5.74, 6) is 0.990. The molecule has 0 radical (unpaired) electrons. The maximum absolute atomic E-state index is 8.90. The number of hydrogen-bond donors (Lipinski definition) is 0. The average Bonchev–Trinajstić information content (AvgIpc) is 2.38. The first-order valence-corrected chi connectivity index (χ1v) is 5.26. The molecule has 1 aromatic carbocycles. The molecule has 0 aliphatic heterocycles. The standard InChI is InChI=1S/C12H8ClN3O/c13-10-3-2-9(7-14)11(6-10)17-8-12-15-4-1-5-16-12/h1-6H,8H2. The molecule has 0 saturated carbocycles. The zero-order valence-electron chi connectivity index (χ0n) is 8.80. The van der Waals surface area contributed by atoms with E-state index < -0.39 is 0 Å². The second kappa shape index (κ2) is 5.28. The Kier molecular flexibility index (Phi) is 3.53.